The molecule has 3 nitrogen and oxygen atoms in total. The average Bonchev–Trinajstić information content (AvgIpc) is 2.77. The molecule has 3 heteroatoms. The Bertz CT molecular complexity index is 306. The van der Waals surface area contributed by atoms with Crippen molar-refractivity contribution in [2.45, 2.75) is 51.1 Å². The Morgan fingerprint density at radius 1 is 1.47 bits per heavy atom. The van der Waals surface area contributed by atoms with Gasteiger partial charge in [0.05, 0.1) is 6.20 Å². The molecule has 1 heterocycles. The first-order valence-electron chi connectivity index (χ1n) is 6.04. The van der Waals surface area contributed by atoms with E-state index in [4.69, 9.17) is 0 Å². The van der Waals surface area contributed by atoms with Crippen molar-refractivity contribution in [2.24, 2.45) is 0 Å². The van der Waals surface area contributed by atoms with Gasteiger partial charge in [-0.25, -0.2) is 0 Å². The molecule has 0 amide bonds. The van der Waals surface area contributed by atoms with Crippen molar-refractivity contribution in [3.63, 3.8) is 0 Å². The van der Waals surface area contributed by atoms with Gasteiger partial charge >= 0.3 is 0 Å². The maximum absolute atomic E-state index is 4.37. The highest BCUT2D eigenvalue weighted by Gasteiger charge is 2.25. The maximum Gasteiger partial charge on any atom is 0.0525 e. The van der Waals surface area contributed by atoms with E-state index in [1.54, 1.807) is 0 Å². The van der Waals surface area contributed by atoms with E-state index in [1.165, 1.54) is 31.2 Å². The van der Waals surface area contributed by atoms with Crippen LogP contribution in [-0.2, 0) is 6.54 Å². The summed E-state index contributed by atoms with van der Waals surface area (Å²) in [5.74, 6) is 0.670. The van der Waals surface area contributed by atoms with Crippen LogP contribution in [0.1, 0.15) is 44.1 Å². The minimum atomic E-state index is 0.647. The van der Waals surface area contributed by atoms with Crippen LogP contribution in [0.15, 0.2) is 12.4 Å². The second-order valence-electron chi connectivity index (χ2n) is 4.42. The van der Waals surface area contributed by atoms with Gasteiger partial charge in [0.2, 0.25) is 0 Å². The molecule has 0 saturated heterocycles. The predicted octanol–water partition coefficient (Wildman–Crippen LogP) is 2.15. The molecular weight excluding hydrogens is 186 g/mol. The van der Waals surface area contributed by atoms with Crippen molar-refractivity contribution in [1.82, 2.24) is 15.1 Å². The summed E-state index contributed by atoms with van der Waals surface area (Å²) < 4.78 is 2.02. The smallest absolute Gasteiger partial charge is 0.0525 e. The highest BCUT2D eigenvalue weighted by Crippen LogP contribution is 2.32. The van der Waals surface area contributed by atoms with E-state index in [1.807, 2.05) is 10.9 Å². The minimum Gasteiger partial charge on any atom is -0.316 e. The van der Waals surface area contributed by atoms with Crippen LogP contribution in [0.2, 0.25) is 0 Å². The number of hydrogen-bond acceptors (Lipinski definition) is 2. The van der Waals surface area contributed by atoms with Gasteiger partial charge in [-0.1, -0.05) is 12.8 Å². The summed E-state index contributed by atoms with van der Waals surface area (Å²) in [6, 6.07) is 0.647. The van der Waals surface area contributed by atoms with Crippen molar-refractivity contribution < 1.29 is 0 Å². The molecule has 1 aliphatic rings. The van der Waals surface area contributed by atoms with Gasteiger partial charge in [0, 0.05) is 24.7 Å². The Kier molecular flexibility index (Phi) is 3.41. The third-order valence-corrected chi connectivity index (χ3v) is 3.54. The lowest BCUT2D eigenvalue weighted by Gasteiger charge is -2.30. The van der Waals surface area contributed by atoms with E-state index >= 15 is 0 Å². The lowest BCUT2D eigenvalue weighted by Crippen LogP contribution is -2.34. The number of likely N-dealkylation sites (N-methyl/N-ethyl adjacent to an activating group) is 1. The number of hydrogen-bond donors (Lipinski definition) is 1. The van der Waals surface area contributed by atoms with Crippen LogP contribution in [0.4, 0.5) is 0 Å². The van der Waals surface area contributed by atoms with Gasteiger partial charge in [-0.05, 0) is 32.4 Å². The first kappa shape index (κ1) is 10.7. The second-order valence-corrected chi connectivity index (χ2v) is 4.42. The lowest BCUT2D eigenvalue weighted by molar-refractivity contribution is 0.344. The molecular formula is C12H21N3. The average molecular weight is 207 g/mol. The van der Waals surface area contributed by atoms with Gasteiger partial charge in [-0.15, -0.1) is 0 Å². The highest BCUT2D eigenvalue weighted by atomic mass is 15.3. The SMILES string of the molecule is CCn1cc(C2CCCCC2NC)cn1. The zero-order valence-electron chi connectivity index (χ0n) is 9.74. The van der Waals surface area contributed by atoms with Crippen molar-refractivity contribution in [2.75, 3.05) is 7.05 Å². The number of rotatable bonds is 3. The van der Waals surface area contributed by atoms with Crippen molar-refractivity contribution in [3.8, 4) is 0 Å². The third-order valence-electron chi connectivity index (χ3n) is 3.54. The van der Waals surface area contributed by atoms with Gasteiger partial charge in [0.25, 0.3) is 0 Å². The van der Waals surface area contributed by atoms with E-state index < -0.39 is 0 Å². The quantitative estimate of drug-likeness (QED) is 0.823. The lowest BCUT2D eigenvalue weighted by atomic mass is 9.81. The molecule has 0 aromatic carbocycles. The van der Waals surface area contributed by atoms with Crippen LogP contribution in [0.3, 0.4) is 0 Å². The summed E-state index contributed by atoms with van der Waals surface area (Å²) in [5.41, 5.74) is 1.41. The van der Waals surface area contributed by atoms with E-state index in [0.29, 0.717) is 12.0 Å². The molecule has 1 N–H and O–H groups in total. The second kappa shape index (κ2) is 4.79. The van der Waals surface area contributed by atoms with Gasteiger partial charge < -0.3 is 5.32 Å². The molecule has 0 spiro atoms. The van der Waals surface area contributed by atoms with E-state index in [-0.39, 0.29) is 0 Å². The fraction of sp³-hybridized carbons (Fsp3) is 0.750. The Hall–Kier alpha value is -0.830. The molecule has 15 heavy (non-hydrogen) atoms. The summed E-state index contributed by atoms with van der Waals surface area (Å²) in [7, 11) is 2.08. The summed E-state index contributed by atoms with van der Waals surface area (Å²) in [6.07, 6.45) is 9.59. The number of aryl methyl sites for hydroxylation is 1. The monoisotopic (exact) mass is 207 g/mol. The molecule has 2 rings (SSSR count). The van der Waals surface area contributed by atoms with Crippen LogP contribution in [-0.4, -0.2) is 22.9 Å². The van der Waals surface area contributed by atoms with Crippen molar-refractivity contribution >= 4 is 0 Å². The molecule has 84 valence electrons. The van der Waals surface area contributed by atoms with Gasteiger partial charge in [0.1, 0.15) is 0 Å². The van der Waals surface area contributed by atoms with Gasteiger partial charge in [-0.3, -0.25) is 4.68 Å². The number of nitrogens with zero attached hydrogens (tertiary/aromatic N) is 2. The molecule has 1 fully saturated rings. The van der Waals surface area contributed by atoms with Crippen LogP contribution < -0.4 is 5.32 Å². The van der Waals surface area contributed by atoms with Crippen LogP contribution in [0, 0.1) is 0 Å². The fourth-order valence-corrected chi connectivity index (χ4v) is 2.62. The zero-order valence-corrected chi connectivity index (χ0v) is 9.74. The first-order valence-corrected chi connectivity index (χ1v) is 6.04. The molecule has 1 saturated carbocycles. The van der Waals surface area contributed by atoms with Crippen molar-refractivity contribution in [3.05, 3.63) is 18.0 Å². The summed E-state index contributed by atoms with van der Waals surface area (Å²) in [4.78, 5) is 0. The number of nitrogens with one attached hydrogen (secondary N) is 1. The highest BCUT2D eigenvalue weighted by molar-refractivity contribution is 5.15. The van der Waals surface area contributed by atoms with E-state index in [9.17, 15) is 0 Å². The Labute approximate surface area is 91.9 Å². The molecule has 0 bridgehead atoms. The minimum absolute atomic E-state index is 0.647. The summed E-state index contributed by atoms with van der Waals surface area (Å²) >= 11 is 0. The summed E-state index contributed by atoms with van der Waals surface area (Å²) in [5, 5.41) is 7.81. The zero-order chi connectivity index (χ0) is 10.7. The standard InChI is InChI=1S/C12H21N3/c1-3-15-9-10(8-14-15)11-6-4-5-7-12(11)13-2/h8-9,11-13H,3-7H2,1-2H3. The molecule has 1 aromatic rings. The molecule has 2 unspecified atom stereocenters. The molecule has 0 radical (unpaired) electrons. The van der Waals surface area contributed by atoms with Gasteiger partial charge in [0.15, 0.2) is 0 Å². The maximum atomic E-state index is 4.37. The van der Waals surface area contributed by atoms with Crippen molar-refractivity contribution in [1.29, 1.82) is 0 Å². The van der Waals surface area contributed by atoms with Crippen LogP contribution in [0.25, 0.3) is 0 Å². The topological polar surface area (TPSA) is 29.9 Å². The predicted molar refractivity (Wildman–Crippen MR) is 62.0 cm³/mol. The van der Waals surface area contributed by atoms with Crippen LogP contribution in [0.5, 0.6) is 0 Å². The molecule has 1 aliphatic carbocycles. The third kappa shape index (κ3) is 2.23. The van der Waals surface area contributed by atoms with Gasteiger partial charge in [-0.2, -0.15) is 5.10 Å². The van der Waals surface area contributed by atoms with E-state index in [0.717, 1.165) is 6.54 Å². The molecule has 2 atom stereocenters. The van der Waals surface area contributed by atoms with Crippen LogP contribution >= 0.6 is 0 Å². The Balaban J connectivity index is 2.12. The fourth-order valence-electron chi connectivity index (χ4n) is 2.62. The first-order chi connectivity index (χ1) is 7.35. The Morgan fingerprint density at radius 2 is 2.27 bits per heavy atom. The number of aromatic nitrogens is 2. The molecule has 0 aliphatic heterocycles. The normalized spacial score (nSPS) is 26.8. The Morgan fingerprint density at radius 3 is 2.93 bits per heavy atom. The van der Waals surface area contributed by atoms with E-state index in [2.05, 4.69) is 30.6 Å². The summed E-state index contributed by atoms with van der Waals surface area (Å²) in [6.45, 7) is 3.10. The molecule has 1 aromatic heterocycles. The largest absolute Gasteiger partial charge is 0.316 e.